The third-order valence-corrected chi connectivity index (χ3v) is 4.81. The second-order valence-corrected chi connectivity index (χ2v) is 7.10. The van der Waals surface area contributed by atoms with Gasteiger partial charge in [-0.05, 0) is 30.9 Å². The van der Waals surface area contributed by atoms with Gasteiger partial charge in [-0.2, -0.15) is 0 Å². The maximum absolute atomic E-state index is 12.2. The smallest absolute Gasteiger partial charge is 0.230 e. The van der Waals surface area contributed by atoms with Crippen LogP contribution in [-0.2, 0) is 11.2 Å². The number of amides is 1. The average Bonchev–Trinajstić information content (AvgIpc) is 2.94. The number of hydrogen-bond donors (Lipinski definition) is 1. The van der Waals surface area contributed by atoms with E-state index in [0.29, 0.717) is 22.0 Å². The van der Waals surface area contributed by atoms with Crippen molar-refractivity contribution in [3.63, 3.8) is 0 Å². The Balaban J connectivity index is 2.09. The van der Waals surface area contributed by atoms with E-state index in [2.05, 4.69) is 15.5 Å². The zero-order valence-corrected chi connectivity index (χ0v) is 14.7. The number of nitrogens with one attached hydrogen (secondary N) is 1. The highest BCUT2D eigenvalue weighted by molar-refractivity contribution is 8.01. The number of hydrogen-bond acceptors (Lipinski definition) is 7. The summed E-state index contributed by atoms with van der Waals surface area (Å²) in [4.78, 5) is 23.7. The standard InChI is InChI=1S/C15H17N3O3S2/c1-4-22-15-18-17-14(23-15)16-13(20)8-11-7-10(9(2)19)5-6-12(11)21-3/h5-7H,4,8H2,1-3H3,(H,16,17,20). The summed E-state index contributed by atoms with van der Waals surface area (Å²) in [7, 11) is 1.53. The third kappa shape index (κ3) is 4.77. The van der Waals surface area contributed by atoms with Crippen LogP contribution in [0.15, 0.2) is 22.5 Å². The van der Waals surface area contributed by atoms with Crippen molar-refractivity contribution in [1.29, 1.82) is 0 Å². The number of rotatable bonds is 7. The van der Waals surface area contributed by atoms with E-state index in [1.807, 2.05) is 6.92 Å². The summed E-state index contributed by atoms with van der Waals surface area (Å²) >= 11 is 2.91. The predicted molar refractivity (Wildman–Crippen MR) is 91.6 cm³/mol. The van der Waals surface area contributed by atoms with E-state index in [4.69, 9.17) is 4.74 Å². The second-order valence-electron chi connectivity index (χ2n) is 4.61. The number of carbonyl (C=O) groups is 2. The molecule has 0 aliphatic heterocycles. The Morgan fingerprint density at radius 3 is 2.78 bits per heavy atom. The molecule has 0 aliphatic carbocycles. The van der Waals surface area contributed by atoms with Gasteiger partial charge in [0.25, 0.3) is 0 Å². The number of thioether (sulfide) groups is 1. The van der Waals surface area contributed by atoms with E-state index in [-0.39, 0.29) is 18.1 Å². The Kier molecular flexibility index (Phi) is 6.12. The van der Waals surface area contributed by atoms with Crippen molar-refractivity contribution in [1.82, 2.24) is 10.2 Å². The second kappa shape index (κ2) is 8.07. The van der Waals surface area contributed by atoms with Crippen LogP contribution in [0.5, 0.6) is 5.75 Å². The number of aromatic nitrogens is 2. The van der Waals surface area contributed by atoms with Crippen LogP contribution >= 0.6 is 23.1 Å². The maximum atomic E-state index is 12.2. The summed E-state index contributed by atoms with van der Waals surface area (Å²) in [5, 5.41) is 11.1. The van der Waals surface area contributed by atoms with Gasteiger partial charge in [-0.25, -0.2) is 0 Å². The van der Waals surface area contributed by atoms with Gasteiger partial charge in [-0.15, -0.1) is 10.2 Å². The summed E-state index contributed by atoms with van der Waals surface area (Å²) in [6, 6.07) is 5.06. The summed E-state index contributed by atoms with van der Waals surface area (Å²) in [6.07, 6.45) is 0.0973. The minimum absolute atomic E-state index is 0.0559. The highest BCUT2D eigenvalue weighted by Crippen LogP contribution is 2.26. The Hall–Kier alpha value is -1.93. The molecule has 1 aromatic heterocycles. The molecule has 8 heteroatoms. The zero-order valence-electron chi connectivity index (χ0n) is 13.1. The molecule has 0 unspecified atom stereocenters. The highest BCUT2D eigenvalue weighted by atomic mass is 32.2. The number of benzene rings is 1. The molecule has 0 atom stereocenters. The maximum Gasteiger partial charge on any atom is 0.230 e. The first-order valence-electron chi connectivity index (χ1n) is 6.97. The summed E-state index contributed by atoms with van der Waals surface area (Å²) in [5.41, 5.74) is 1.21. The van der Waals surface area contributed by atoms with Crippen molar-refractivity contribution in [2.75, 3.05) is 18.2 Å². The molecule has 2 aromatic rings. The lowest BCUT2D eigenvalue weighted by atomic mass is 10.0. The van der Waals surface area contributed by atoms with E-state index >= 15 is 0 Å². The summed E-state index contributed by atoms with van der Waals surface area (Å²) in [6.45, 7) is 3.51. The number of nitrogens with zero attached hydrogens (tertiary/aromatic N) is 2. The minimum atomic E-state index is -0.229. The van der Waals surface area contributed by atoms with Crippen LogP contribution in [0.2, 0.25) is 0 Å². The lowest BCUT2D eigenvalue weighted by Gasteiger charge is -2.09. The number of carbonyl (C=O) groups excluding carboxylic acids is 2. The predicted octanol–water partition coefficient (Wildman–Crippen LogP) is 3.04. The van der Waals surface area contributed by atoms with E-state index in [1.165, 1.54) is 25.4 Å². The van der Waals surface area contributed by atoms with Crippen LogP contribution in [0.25, 0.3) is 0 Å². The first-order valence-corrected chi connectivity index (χ1v) is 8.77. The molecular weight excluding hydrogens is 334 g/mol. The first kappa shape index (κ1) is 17.4. The SMILES string of the molecule is CCSc1nnc(NC(=O)Cc2cc(C(C)=O)ccc2OC)s1. The monoisotopic (exact) mass is 351 g/mol. The molecule has 0 radical (unpaired) electrons. The van der Waals surface area contributed by atoms with Crippen molar-refractivity contribution in [2.24, 2.45) is 0 Å². The van der Waals surface area contributed by atoms with Crippen molar-refractivity contribution in [3.8, 4) is 5.75 Å². The van der Waals surface area contributed by atoms with Gasteiger partial charge in [-0.1, -0.05) is 30.0 Å². The molecule has 1 amide bonds. The van der Waals surface area contributed by atoms with E-state index in [9.17, 15) is 9.59 Å². The quantitative estimate of drug-likeness (QED) is 0.469. The summed E-state index contributed by atoms with van der Waals surface area (Å²) in [5.74, 6) is 1.19. The number of anilines is 1. The normalized spacial score (nSPS) is 10.4. The molecule has 122 valence electrons. The van der Waals surface area contributed by atoms with Crippen molar-refractivity contribution in [2.45, 2.75) is 24.6 Å². The molecule has 0 saturated heterocycles. The van der Waals surface area contributed by atoms with Gasteiger partial charge in [-0.3, -0.25) is 9.59 Å². The minimum Gasteiger partial charge on any atom is -0.496 e. The van der Waals surface area contributed by atoms with E-state index in [0.717, 1.165) is 10.1 Å². The van der Waals surface area contributed by atoms with E-state index in [1.54, 1.807) is 30.0 Å². The molecule has 0 saturated carbocycles. The number of ether oxygens (including phenoxy) is 1. The average molecular weight is 351 g/mol. The molecule has 6 nitrogen and oxygen atoms in total. The molecule has 1 heterocycles. The van der Waals surface area contributed by atoms with Gasteiger partial charge in [0.1, 0.15) is 5.75 Å². The zero-order chi connectivity index (χ0) is 16.8. The Morgan fingerprint density at radius 1 is 1.35 bits per heavy atom. The van der Waals surface area contributed by atoms with Crippen LogP contribution in [0.1, 0.15) is 29.8 Å². The Morgan fingerprint density at radius 2 is 2.13 bits per heavy atom. The largest absolute Gasteiger partial charge is 0.496 e. The molecule has 1 aromatic carbocycles. The van der Waals surface area contributed by atoms with Gasteiger partial charge < -0.3 is 10.1 Å². The van der Waals surface area contributed by atoms with Gasteiger partial charge in [0.2, 0.25) is 11.0 Å². The van der Waals surface area contributed by atoms with Gasteiger partial charge in [0.15, 0.2) is 10.1 Å². The van der Waals surface area contributed by atoms with Gasteiger partial charge in [0, 0.05) is 11.1 Å². The fourth-order valence-corrected chi connectivity index (χ4v) is 3.58. The Labute approximate surface area is 142 Å². The molecule has 0 aliphatic rings. The highest BCUT2D eigenvalue weighted by Gasteiger charge is 2.13. The fraction of sp³-hybridized carbons (Fsp3) is 0.333. The van der Waals surface area contributed by atoms with Crippen LogP contribution in [-0.4, -0.2) is 34.8 Å². The first-order chi connectivity index (χ1) is 11.0. The number of methoxy groups -OCH3 is 1. The molecule has 23 heavy (non-hydrogen) atoms. The van der Waals surface area contributed by atoms with Crippen molar-refractivity contribution < 1.29 is 14.3 Å². The molecule has 0 bridgehead atoms. The molecule has 1 N–H and O–H groups in total. The summed E-state index contributed by atoms with van der Waals surface area (Å²) < 4.78 is 6.07. The lowest BCUT2D eigenvalue weighted by molar-refractivity contribution is -0.115. The molecule has 0 spiro atoms. The fourth-order valence-electron chi connectivity index (χ4n) is 1.91. The molecular formula is C15H17N3O3S2. The number of ketones is 1. The van der Waals surface area contributed by atoms with Gasteiger partial charge in [0.05, 0.1) is 13.5 Å². The topological polar surface area (TPSA) is 81.2 Å². The van der Waals surface area contributed by atoms with Crippen LogP contribution < -0.4 is 10.1 Å². The van der Waals surface area contributed by atoms with E-state index < -0.39 is 0 Å². The molecule has 2 rings (SSSR count). The Bertz CT molecular complexity index is 716. The lowest BCUT2D eigenvalue weighted by Crippen LogP contribution is -2.15. The van der Waals surface area contributed by atoms with Crippen LogP contribution in [0, 0.1) is 0 Å². The number of Topliss-reactive ketones (excluding diaryl/α,β-unsaturated/α-hetero) is 1. The van der Waals surface area contributed by atoms with Crippen molar-refractivity contribution in [3.05, 3.63) is 29.3 Å². The van der Waals surface area contributed by atoms with Gasteiger partial charge >= 0.3 is 0 Å². The van der Waals surface area contributed by atoms with Crippen LogP contribution in [0.3, 0.4) is 0 Å². The third-order valence-electron chi connectivity index (χ3n) is 2.96. The molecule has 0 fully saturated rings. The van der Waals surface area contributed by atoms with Crippen LogP contribution in [0.4, 0.5) is 5.13 Å². The van der Waals surface area contributed by atoms with Crippen molar-refractivity contribution >= 4 is 39.9 Å².